The highest BCUT2D eigenvalue weighted by molar-refractivity contribution is 6.31. The molecule has 0 radical (unpaired) electrons. The molecule has 1 fully saturated rings. The Balaban J connectivity index is 1.29. The van der Waals surface area contributed by atoms with Crippen molar-refractivity contribution in [1.29, 1.82) is 0 Å². The molecule has 1 aromatic heterocycles. The number of nitrogens with zero attached hydrogens (tertiary/aromatic N) is 3. The summed E-state index contributed by atoms with van der Waals surface area (Å²) in [6.07, 6.45) is 1.89. The van der Waals surface area contributed by atoms with Crippen LogP contribution < -0.4 is 14.4 Å². The fourth-order valence-electron chi connectivity index (χ4n) is 4.54. The summed E-state index contributed by atoms with van der Waals surface area (Å²) in [5.74, 6) is 2.43. The molecule has 6 nitrogen and oxygen atoms in total. The number of piperidine rings is 1. The lowest BCUT2D eigenvalue weighted by molar-refractivity contribution is 0.0225. The molecule has 1 spiro atoms. The molecule has 0 atom stereocenters. The molecule has 0 bridgehead atoms. The molecular weight excluding hydrogens is 426 g/mol. The molecule has 3 heterocycles. The molecule has 2 aromatic carbocycles. The van der Waals surface area contributed by atoms with Gasteiger partial charge in [0.2, 0.25) is 0 Å². The van der Waals surface area contributed by atoms with E-state index in [4.69, 9.17) is 21.1 Å². The third-order valence-electron chi connectivity index (χ3n) is 6.38. The van der Waals surface area contributed by atoms with E-state index in [0.29, 0.717) is 22.8 Å². The molecule has 2 aliphatic rings. The third kappa shape index (κ3) is 3.79. The van der Waals surface area contributed by atoms with Gasteiger partial charge < -0.3 is 14.4 Å². The highest BCUT2D eigenvalue weighted by atomic mass is 35.5. The number of hydrogen-bond donors (Lipinski definition) is 0. The summed E-state index contributed by atoms with van der Waals surface area (Å²) in [7, 11) is 1.65. The molecule has 3 aromatic rings. The lowest BCUT2D eigenvalue weighted by Gasteiger charge is -2.44. The number of Topliss-reactive ketones (excluding diaryl/α,β-unsaturated/α-hetero) is 1. The highest BCUT2D eigenvalue weighted by Crippen LogP contribution is 2.42. The lowest BCUT2D eigenvalue weighted by atomic mass is 9.82. The average molecular weight is 450 g/mol. The van der Waals surface area contributed by atoms with E-state index in [1.54, 1.807) is 13.2 Å². The first-order chi connectivity index (χ1) is 15.5. The summed E-state index contributed by atoms with van der Waals surface area (Å²) in [5.41, 5.74) is 2.85. The zero-order valence-electron chi connectivity index (χ0n) is 18.1. The summed E-state index contributed by atoms with van der Waals surface area (Å²) in [6, 6.07) is 15.3. The van der Waals surface area contributed by atoms with E-state index in [2.05, 4.69) is 15.1 Å². The number of aryl methyl sites for hydroxylation is 1. The van der Waals surface area contributed by atoms with E-state index in [9.17, 15) is 4.79 Å². The number of benzene rings is 2. The van der Waals surface area contributed by atoms with Crippen molar-refractivity contribution >= 4 is 23.2 Å². The van der Waals surface area contributed by atoms with Gasteiger partial charge in [0.25, 0.3) is 0 Å². The number of anilines is 1. The number of aromatic nitrogens is 2. The molecule has 7 heteroatoms. The van der Waals surface area contributed by atoms with Gasteiger partial charge in [0.1, 0.15) is 17.1 Å². The first kappa shape index (κ1) is 20.8. The topological polar surface area (TPSA) is 64.5 Å². The molecule has 0 amide bonds. The van der Waals surface area contributed by atoms with Crippen molar-refractivity contribution in [2.24, 2.45) is 0 Å². The number of fused-ring (bicyclic) bond motifs is 1. The average Bonchev–Trinajstić information content (AvgIpc) is 2.81. The van der Waals surface area contributed by atoms with E-state index in [0.717, 1.165) is 54.3 Å². The van der Waals surface area contributed by atoms with Gasteiger partial charge in [0.15, 0.2) is 11.6 Å². The van der Waals surface area contributed by atoms with Crippen LogP contribution >= 0.6 is 11.6 Å². The SMILES string of the molecule is COc1ccc(-c2ccc(N3CCC4(CC3)CC(=O)c3cc(Cl)cc(C)c3O4)nn2)cc1. The van der Waals surface area contributed by atoms with Crippen molar-refractivity contribution in [2.45, 2.75) is 31.8 Å². The molecular formula is C25H24ClN3O3. The van der Waals surface area contributed by atoms with Gasteiger partial charge in [-0.2, -0.15) is 0 Å². The Hall–Kier alpha value is -3.12. The van der Waals surface area contributed by atoms with Gasteiger partial charge >= 0.3 is 0 Å². The number of hydrogen-bond acceptors (Lipinski definition) is 6. The Morgan fingerprint density at radius 1 is 1.06 bits per heavy atom. The predicted molar refractivity (Wildman–Crippen MR) is 124 cm³/mol. The van der Waals surface area contributed by atoms with Gasteiger partial charge in [-0.1, -0.05) is 11.6 Å². The van der Waals surface area contributed by atoms with Crippen molar-refractivity contribution in [3.05, 3.63) is 64.7 Å². The maximum Gasteiger partial charge on any atom is 0.170 e. The molecule has 5 rings (SSSR count). The van der Waals surface area contributed by atoms with Crippen LogP contribution in [0.3, 0.4) is 0 Å². The molecule has 0 unspecified atom stereocenters. The molecule has 2 aliphatic heterocycles. The monoisotopic (exact) mass is 449 g/mol. The van der Waals surface area contributed by atoms with Crippen LogP contribution in [-0.2, 0) is 0 Å². The zero-order chi connectivity index (χ0) is 22.3. The summed E-state index contributed by atoms with van der Waals surface area (Å²) in [6.45, 7) is 3.45. The van der Waals surface area contributed by atoms with Crippen LogP contribution in [0.5, 0.6) is 11.5 Å². The largest absolute Gasteiger partial charge is 0.497 e. The van der Waals surface area contributed by atoms with E-state index in [1.165, 1.54) is 0 Å². The van der Waals surface area contributed by atoms with Crippen LogP contribution in [0.4, 0.5) is 5.82 Å². The number of halogens is 1. The van der Waals surface area contributed by atoms with Gasteiger partial charge in [-0.05, 0) is 61.0 Å². The Morgan fingerprint density at radius 2 is 1.81 bits per heavy atom. The Labute approximate surface area is 192 Å². The normalized spacial score (nSPS) is 17.1. The molecule has 32 heavy (non-hydrogen) atoms. The second-order valence-corrected chi connectivity index (χ2v) is 8.91. The second kappa shape index (κ2) is 8.10. The van der Waals surface area contributed by atoms with Gasteiger partial charge in [0.05, 0.1) is 24.8 Å². The van der Waals surface area contributed by atoms with Crippen LogP contribution in [0.25, 0.3) is 11.3 Å². The Bertz CT molecular complexity index is 1150. The second-order valence-electron chi connectivity index (χ2n) is 8.48. The van der Waals surface area contributed by atoms with E-state index in [1.807, 2.05) is 49.4 Å². The van der Waals surface area contributed by atoms with Crippen LogP contribution in [0, 0.1) is 6.92 Å². The fourth-order valence-corrected chi connectivity index (χ4v) is 4.82. The van der Waals surface area contributed by atoms with Crippen LogP contribution in [0.15, 0.2) is 48.5 Å². The number of methoxy groups -OCH3 is 1. The van der Waals surface area contributed by atoms with E-state index >= 15 is 0 Å². The Kier molecular flexibility index (Phi) is 5.25. The smallest absolute Gasteiger partial charge is 0.170 e. The molecule has 0 saturated carbocycles. The van der Waals surface area contributed by atoms with Crippen molar-refractivity contribution in [3.63, 3.8) is 0 Å². The van der Waals surface area contributed by atoms with Crippen LogP contribution in [0.2, 0.25) is 5.02 Å². The van der Waals surface area contributed by atoms with E-state index < -0.39 is 5.60 Å². The van der Waals surface area contributed by atoms with Crippen molar-refractivity contribution in [1.82, 2.24) is 10.2 Å². The first-order valence-electron chi connectivity index (χ1n) is 10.7. The van der Waals surface area contributed by atoms with Gasteiger partial charge in [-0.3, -0.25) is 4.79 Å². The van der Waals surface area contributed by atoms with Crippen molar-refractivity contribution in [2.75, 3.05) is 25.1 Å². The minimum atomic E-state index is -0.463. The number of carbonyl (C=O) groups excluding carboxylic acids is 1. The summed E-state index contributed by atoms with van der Waals surface area (Å²) < 4.78 is 11.7. The van der Waals surface area contributed by atoms with Gasteiger partial charge in [-0.15, -0.1) is 10.2 Å². The van der Waals surface area contributed by atoms with Gasteiger partial charge in [-0.25, -0.2) is 0 Å². The molecule has 0 aliphatic carbocycles. The van der Waals surface area contributed by atoms with Crippen molar-refractivity contribution in [3.8, 4) is 22.8 Å². The lowest BCUT2D eigenvalue weighted by Crippen LogP contribution is -2.51. The van der Waals surface area contributed by atoms with Gasteiger partial charge in [0, 0.05) is 36.5 Å². The van der Waals surface area contributed by atoms with E-state index in [-0.39, 0.29) is 5.78 Å². The Morgan fingerprint density at radius 3 is 2.47 bits per heavy atom. The maximum atomic E-state index is 12.8. The predicted octanol–water partition coefficient (Wildman–Crippen LogP) is 5.12. The number of rotatable bonds is 3. The minimum Gasteiger partial charge on any atom is -0.497 e. The van der Waals surface area contributed by atoms with Crippen molar-refractivity contribution < 1.29 is 14.3 Å². The number of carbonyl (C=O) groups is 1. The summed E-state index contributed by atoms with van der Waals surface area (Å²) >= 11 is 6.14. The standard InChI is InChI=1S/C25H24ClN3O3/c1-16-13-18(26)14-20-22(30)15-25(32-24(16)20)9-11-29(12-10-25)23-8-7-21(27-28-23)17-3-5-19(31-2)6-4-17/h3-8,13-14H,9-12,15H2,1-2H3. The summed E-state index contributed by atoms with van der Waals surface area (Å²) in [5, 5.41) is 9.44. The highest BCUT2D eigenvalue weighted by Gasteiger charge is 2.43. The quantitative estimate of drug-likeness (QED) is 0.553. The molecule has 0 N–H and O–H groups in total. The molecule has 1 saturated heterocycles. The number of ether oxygens (including phenoxy) is 2. The number of ketones is 1. The summed E-state index contributed by atoms with van der Waals surface area (Å²) in [4.78, 5) is 15.0. The fraction of sp³-hybridized carbons (Fsp3) is 0.320. The maximum absolute atomic E-state index is 12.8. The molecule has 164 valence electrons. The zero-order valence-corrected chi connectivity index (χ0v) is 18.9. The third-order valence-corrected chi connectivity index (χ3v) is 6.59. The van der Waals surface area contributed by atoms with Crippen LogP contribution in [-0.4, -0.2) is 41.8 Å². The van der Waals surface area contributed by atoms with Crippen LogP contribution in [0.1, 0.15) is 35.2 Å². The first-order valence-corrected chi connectivity index (χ1v) is 11.1. The minimum absolute atomic E-state index is 0.105.